The van der Waals surface area contributed by atoms with E-state index in [1.807, 2.05) is 0 Å². The van der Waals surface area contributed by atoms with E-state index in [4.69, 9.17) is 4.74 Å². The standard InChI is InChI=1S/C13H26N2O/c1-4-11-8-14-13(2,3)10-15(11)12-6-5-7-16-9-12/h11-12,14H,4-10H2,1-3H3. The van der Waals surface area contributed by atoms with Gasteiger partial charge in [0.15, 0.2) is 0 Å². The molecule has 0 aromatic rings. The van der Waals surface area contributed by atoms with Crippen molar-refractivity contribution in [3.8, 4) is 0 Å². The fourth-order valence-electron chi connectivity index (χ4n) is 2.94. The molecule has 16 heavy (non-hydrogen) atoms. The highest BCUT2D eigenvalue weighted by molar-refractivity contribution is 4.94. The lowest BCUT2D eigenvalue weighted by Gasteiger charge is -2.48. The first-order chi connectivity index (χ1) is 7.62. The average molecular weight is 226 g/mol. The maximum absolute atomic E-state index is 5.63. The molecular formula is C13H26N2O. The molecule has 0 amide bonds. The van der Waals surface area contributed by atoms with Crippen LogP contribution in [0.3, 0.4) is 0 Å². The Hall–Kier alpha value is -0.120. The highest BCUT2D eigenvalue weighted by Gasteiger charge is 2.36. The third-order valence-electron chi connectivity index (χ3n) is 3.94. The van der Waals surface area contributed by atoms with Crippen molar-refractivity contribution in [2.24, 2.45) is 0 Å². The van der Waals surface area contributed by atoms with Crippen LogP contribution in [0, 0.1) is 0 Å². The summed E-state index contributed by atoms with van der Waals surface area (Å²) in [7, 11) is 0. The van der Waals surface area contributed by atoms with Gasteiger partial charge in [-0.15, -0.1) is 0 Å². The molecule has 2 unspecified atom stereocenters. The number of rotatable bonds is 2. The zero-order valence-electron chi connectivity index (χ0n) is 11.0. The second kappa shape index (κ2) is 5.03. The van der Waals surface area contributed by atoms with Gasteiger partial charge in [0.1, 0.15) is 0 Å². The SMILES string of the molecule is CCC1CNC(C)(C)CN1C1CCCOC1. The van der Waals surface area contributed by atoms with Gasteiger partial charge >= 0.3 is 0 Å². The van der Waals surface area contributed by atoms with E-state index in [1.165, 1.54) is 19.3 Å². The van der Waals surface area contributed by atoms with Gasteiger partial charge in [0.05, 0.1) is 6.61 Å². The lowest BCUT2D eigenvalue weighted by atomic mass is 9.94. The Kier molecular flexibility index (Phi) is 3.88. The molecule has 94 valence electrons. The fourth-order valence-corrected chi connectivity index (χ4v) is 2.94. The van der Waals surface area contributed by atoms with E-state index in [2.05, 4.69) is 31.0 Å². The van der Waals surface area contributed by atoms with Crippen molar-refractivity contribution in [3.05, 3.63) is 0 Å². The summed E-state index contributed by atoms with van der Waals surface area (Å²) in [6, 6.07) is 1.35. The second-order valence-corrected chi connectivity index (χ2v) is 5.87. The van der Waals surface area contributed by atoms with Crippen molar-refractivity contribution in [1.82, 2.24) is 10.2 Å². The van der Waals surface area contributed by atoms with Crippen LogP contribution in [0.5, 0.6) is 0 Å². The van der Waals surface area contributed by atoms with Gasteiger partial charge in [0.2, 0.25) is 0 Å². The predicted octanol–water partition coefficient (Wildman–Crippen LogP) is 1.63. The Morgan fingerprint density at radius 1 is 1.44 bits per heavy atom. The normalized spacial score (nSPS) is 36.2. The first kappa shape index (κ1) is 12.3. The summed E-state index contributed by atoms with van der Waals surface area (Å²) in [5.41, 5.74) is 0.253. The molecule has 0 bridgehead atoms. The van der Waals surface area contributed by atoms with E-state index in [0.29, 0.717) is 12.1 Å². The zero-order chi connectivity index (χ0) is 11.6. The number of hydrogen-bond acceptors (Lipinski definition) is 3. The van der Waals surface area contributed by atoms with E-state index in [9.17, 15) is 0 Å². The second-order valence-electron chi connectivity index (χ2n) is 5.87. The minimum Gasteiger partial charge on any atom is -0.380 e. The molecule has 2 atom stereocenters. The maximum Gasteiger partial charge on any atom is 0.0621 e. The van der Waals surface area contributed by atoms with Crippen molar-refractivity contribution >= 4 is 0 Å². The first-order valence-electron chi connectivity index (χ1n) is 6.71. The van der Waals surface area contributed by atoms with Crippen molar-refractivity contribution in [2.75, 3.05) is 26.3 Å². The Labute approximate surface area is 99.5 Å². The number of piperazine rings is 1. The molecule has 2 rings (SSSR count). The fraction of sp³-hybridized carbons (Fsp3) is 1.00. The van der Waals surface area contributed by atoms with Crippen LogP contribution in [0.4, 0.5) is 0 Å². The molecule has 0 spiro atoms. The van der Waals surface area contributed by atoms with Crippen molar-refractivity contribution < 1.29 is 4.74 Å². The summed E-state index contributed by atoms with van der Waals surface area (Å²) in [6.45, 7) is 11.1. The van der Waals surface area contributed by atoms with Crippen LogP contribution in [0.15, 0.2) is 0 Å². The largest absolute Gasteiger partial charge is 0.380 e. The molecule has 3 nitrogen and oxygen atoms in total. The highest BCUT2D eigenvalue weighted by Crippen LogP contribution is 2.23. The zero-order valence-corrected chi connectivity index (χ0v) is 11.0. The summed E-state index contributed by atoms with van der Waals surface area (Å²) in [4.78, 5) is 2.69. The van der Waals surface area contributed by atoms with Crippen molar-refractivity contribution in [2.45, 2.75) is 57.7 Å². The van der Waals surface area contributed by atoms with Gasteiger partial charge in [0, 0.05) is 37.3 Å². The Bertz CT molecular complexity index is 224. The van der Waals surface area contributed by atoms with Gasteiger partial charge in [-0.2, -0.15) is 0 Å². The van der Waals surface area contributed by atoms with Gasteiger partial charge in [-0.05, 0) is 33.1 Å². The van der Waals surface area contributed by atoms with Gasteiger partial charge in [0.25, 0.3) is 0 Å². The molecule has 2 saturated heterocycles. The minimum absolute atomic E-state index is 0.253. The molecular weight excluding hydrogens is 200 g/mol. The molecule has 0 aromatic carbocycles. The summed E-state index contributed by atoms with van der Waals surface area (Å²) in [5, 5.41) is 3.65. The molecule has 0 saturated carbocycles. The van der Waals surface area contributed by atoms with Crippen molar-refractivity contribution in [3.63, 3.8) is 0 Å². The Morgan fingerprint density at radius 3 is 2.88 bits per heavy atom. The number of hydrogen-bond donors (Lipinski definition) is 1. The molecule has 0 aliphatic carbocycles. The van der Waals surface area contributed by atoms with Gasteiger partial charge in [-0.3, -0.25) is 4.90 Å². The van der Waals surface area contributed by atoms with Crippen LogP contribution in [-0.4, -0.2) is 48.8 Å². The third kappa shape index (κ3) is 2.76. The molecule has 3 heteroatoms. The number of nitrogens with zero attached hydrogens (tertiary/aromatic N) is 1. The van der Waals surface area contributed by atoms with Crippen molar-refractivity contribution in [1.29, 1.82) is 0 Å². The summed E-state index contributed by atoms with van der Waals surface area (Å²) < 4.78 is 5.63. The lowest BCUT2D eigenvalue weighted by molar-refractivity contribution is -0.0262. The quantitative estimate of drug-likeness (QED) is 0.774. The summed E-state index contributed by atoms with van der Waals surface area (Å²) in [5.74, 6) is 0. The first-order valence-corrected chi connectivity index (χ1v) is 6.71. The Morgan fingerprint density at radius 2 is 2.25 bits per heavy atom. The van der Waals surface area contributed by atoms with Crippen LogP contribution < -0.4 is 5.32 Å². The van der Waals surface area contributed by atoms with E-state index in [-0.39, 0.29) is 5.54 Å². The van der Waals surface area contributed by atoms with Gasteiger partial charge in [-0.1, -0.05) is 6.92 Å². The van der Waals surface area contributed by atoms with Gasteiger partial charge < -0.3 is 10.1 Å². The van der Waals surface area contributed by atoms with E-state index >= 15 is 0 Å². The average Bonchev–Trinajstić information content (AvgIpc) is 2.29. The van der Waals surface area contributed by atoms with Crippen LogP contribution in [0.25, 0.3) is 0 Å². The van der Waals surface area contributed by atoms with Crippen LogP contribution in [-0.2, 0) is 4.74 Å². The molecule has 2 heterocycles. The topological polar surface area (TPSA) is 24.5 Å². The van der Waals surface area contributed by atoms with Crippen LogP contribution in [0.2, 0.25) is 0 Å². The predicted molar refractivity (Wildman–Crippen MR) is 66.7 cm³/mol. The van der Waals surface area contributed by atoms with E-state index < -0.39 is 0 Å². The summed E-state index contributed by atoms with van der Waals surface area (Å²) in [6.07, 6.45) is 3.78. The molecule has 2 aliphatic rings. The highest BCUT2D eigenvalue weighted by atomic mass is 16.5. The third-order valence-corrected chi connectivity index (χ3v) is 3.94. The molecule has 1 N–H and O–H groups in total. The lowest BCUT2D eigenvalue weighted by Crippen LogP contribution is -2.64. The number of ether oxygens (including phenoxy) is 1. The van der Waals surface area contributed by atoms with E-state index in [0.717, 1.165) is 26.3 Å². The smallest absolute Gasteiger partial charge is 0.0621 e. The molecule has 2 fully saturated rings. The molecule has 0 aromatic heterocycles. The monoisotopic (exact) mass is 226 g/mol. The number of nitrogens with one attached hydrogen (secondary N) is 1. The van der Waals surface area contributed by atoms with Gasteiger partial charge in [-0.25, -0.2) is 0 Å². The van der Waals surface area contributed by atoms with Crippen LogP contribution in [0.1, 0.15) is 40.0 Å². The molecule has 0 radical (unpaired) electrons. The summed E-state index contributed by atoms with van der Waals surface area (Å²) >= 11 is 0. The van der Waals surface area contributed by atoms with Crippen LogP contribution >= 0.6 is 0 Å². The molecule has 2 aliphatic heterocycles. The Balaban J connectivity index is 2.01. The van der Waals surface area contributed by atoms with E-state index in [1.54, 1.807) is 0 Å². The minimum atomic E-state index is 0.253. The maximum atomic E-state index is 5.63.